The zero-order valence-corrected chi connectivity index (χ0v) is 10.3. The molecule has 1 aromatic heterocycles. The Morgan fingerprint density at radius 1 is 1.42 bits per heavy atom. The first kappa shape index (κ1) is 13.1. The van der Waals surface area contributed by atoms with Gasteiger partial charge in [0.15, 0.2) is 0 Å². The van der Waals surface area contributed by atoms with Crippen molar-refractivity contribution in [1.82, 2.24) is 4.90 Å². The zero-order valence-electron chi connectivity index (χ0n) is 10.3. The Hall–Kier alpha value is -2.29. The van der Waals surface area contributed by atoms with Gasteiger partial charge in [-0.25, -0.2) is 4.79 Å². The molecule has 1 fully saturated rings. The van der Waals surface area contributed by atoms with Crippen LogP contribution in [0.2, 0.25) is 0 Å². The number of carbonyl (C=O) groups excluding carboxylic acids is 1. The van der Waals surface area contributed by atoms with E-state index in [-0.39, 0.29) is 18.1 Å². The first-order valence-corrected chi connectivity index (χ1v) is 6.12. The predicted molar refractivity (Wildman–Crippen MR) is 64.3 cm³/mol. The number of nitriles is 1. The van der Waals surface area contributed by atoms with Gasteiger partial charge in [-0.05, 0) is 25.0 Å². The zero-order chi connectivity index (χ0) is 13.8. The lowest BCUT2D eigenvalue weighted by Gasteiger charge is -2.17. The van der Waals surface area contributed by atoms with E-state index in [1.807, 2.05) is 6.07 Å². The minimum absolute atomic E-state index is 0.110. The molecule has 1 saturated heterocycles. The molecule has 1 atom stereocenters. The Labute approximate surface area is 110 Å². The summed E-state index contributed by atoms with van der Waals surface area (Å²) in [5.41, 5.74) is 0. The third-order valence-electron chi connectivity index (χ3n) is 3.15. The smallest absolute Gasteiger partial charge is 0.371 e. The second-order valence-corrected chi connectivity index (χ2v) is 4.49. The van der Waals surface area contributed by atoms with Gasteiger partial charge in [-0.3, -0.25) is 4.79 Å². The van der Waals surface area contributed by atoms with Gasteiger partial charge in [0.05, 0.1) is 6.07 Å². The molecule has 0 bridgehead atoms. The maximum atomic E-state index is 12.1. The van der Waals surface area contributed by atoms with Gasteiger partial charge in [-0.2, -0.15) is 5.26 Å². The maximum Gasteiger partial charge on any atom is 0.371 e. The molecule has 0 saturated carbocycles. The number of likely N-dealkylation sites (tertiary alicyclic amines) is 1. The highest BCUT2D eigenvalue weighted by Crippen LogP contribution is 2.17. The average Bonchev–Trinajstić information content (AvgIpc) is 3.06. The summed E-state index contributed by atoms with van der Waals surface area (Å²) in [5, 5.41) is 17.8. The van der Waals surface area contributed by atoms with E-state index in [1.165, 1.54) is 12.1 Å². The summed E-state index contributed by atoms with van der Waals surface area (Å²) >= 11 is 0. The summed E-state index contributed by atoms with van der Waals surface area (Å²) in [6.45, 7) is 1.38. The molecule has 1 aliphatic heterocycles. The van der Waals surface area contributed by atoms with E-state index in [0.717, 1.165) is 12.8 Å². The minimum Gasteiger partial charge on any atom is -0.475 e. The molecule has 1 aliphatic rings. The number of hydrogen-bond donors (Lipinski definition) is 1. The molecule has 1 amide bonds. The molecule has 0 spiro atoms. The molecular weight excluding hydrogens is 248 g/mol. The van der Waals surface area contributed by atoms with Crippen LogP contribution in [-0.4, -0.2) is 35.0 Å². The standard InChI is InChI=1S/C13H14N2O4/c14-8-9(12(16)15-5-1-2-6-15)7-10-3-4-11(19-10)13(17)18/h3-4,9H,1-2,5-7H2,(H,17,18). The number of nitrogens with zero attached hydrogens (tertiary/aromatic N) is 2. The maximum absolute atomic E-state index is 12.1. The number of aromatic carboxylic acids is 1. The lowest BCUT2D eigenvalue weighted by Crippen LogP contribution is -2.34. The van der Waals surface area contributed by atoms with Gasteiger partial charge < -0.3 is 14.4 Å². The van der Waals surface area contributed by atoms with E-state index < -0.39 is 11.9 Å². The number of carboxylic acids is 1. The van der Waals surface area contributed by atoms with Gasteiger partial charge in [0.25, 0.3) is 0 Å². The number of hydrogen-bond acceptors (Lipinski definition) is 4. The molecule has 0 radical (unpaired) electrons. The monoisotopic (exact) mass is 262 g/mol. The summed E-state index contributed by atoms with van der Waals surface area (Å²) < 4.78 is 5.07. The predicted octanol–water partition coefficient (Wildman–Crippen LogP) is 1.28. The van der Waals surface area contributed by atoms with Crippen molar-refractivity contribution in [2.75, 3.05) is 13.1 Å². The first-order chi connectivity index (χ1) is 9.11. The van der Waals surface area contributed by atoms with Crippen LogP contribution in [0.15, 0.2) is 16.5 Å². The van der Waals surface area contributed by atoms with Crippen molar-refractivity contribution in [3.05, 3.63) is 23.7 Å². The molecule has 2 heterocycles. The summed E-state index contributed by atoms with van der Waals surface area (Å²) in [5.74, 6) is -2.01. The van der Waals surface area contributed by atoms with Gasteiger partial charge in [0, 0.05) is 19.5 Å². The fourth-order valence-electron chi connectivity index (χ4n) is 2.15. The van der Waals surface area contributed by atoms with E-state index in [0.29, 0.717) is 18.8 Å². The minimum atomic E-state index is -1.16. The number of rotatable bonds is 4. The quantitative estimate of drug-likeness (QED) is 0.882. The normalized spacial score (nSPS) is 16.1. The highest BCUT2D eigenvalue weighted by Gasteiger charge is 2.27. The van der Waals surface area contributed by atoms with E-state index >= 15 is 0 Å². The van der Waals surface area contributed by atoms with Crippen LogP contribution < -0.4 is 0 Å². The van der Waals surface area contributed by atoms with Crippen LogP contribution in [-0.2, 0) is 11.2 Å². The van der Waals surface area contributed by atoms with E-state index in [9.17, 15) is 9.59 Å². The van der Waals surface area contributed by atoms with Gasteiger partial charge in [0.2, 0.25) is 11.7 Å². The lowest BCUT2D eigenvalue weighted by atomic mass is 10.0. The summed E-state index contributed by atoms with van der Waals surface area (Å²) in [6.07, 6.45) is 2.04. The van der Waals surface area contributed by atoms with Crippen molar-refractivity contribution in [2.24, 2.45) is 5.92 Å². The highest BCUT2D eigenvalue weighted by atomic mass is 16.4. The third kappa shape index (κ3) is 2.94. The van der Waals surface area contributed by atoms with Crippen molar-refractivity contribution >= 4 is 11.9 Å². The topological polar surface area (TPSA) is 94.5 Å². The molecule has 1 unspecified atom stereocenters. The summed E-state index contributed by atoms with van der Waals surface area (Å²) in [7, 11) is 0. The number of carbonyl (C=O) groups is 2. The van der Waals surface area contributed by atoms with Crippen LogP contribution in [0, 0.1) is 17.2 Å². The number of furan rings is 1. The molecule has 1 aromatic rings. The molecular formula is C13H14N2O4. The molecule has 2 rings (SSSR count). The first-order valence-electron chi connectivity index (χ1n) is 6.12. The van der Waals surface area contributed by atoms with Crippen molar-refractivity contribution < 1.29 is 19.1 Å². The van der Waals surface area contributed by atoms with Crippen molar-refractivity contribution in [3.8, 4) is 6.07 Å². The van der Waals surface area contributed by atoms with E-state index in [1.54, 1.807) is 4.90 Å². The molecule has 6 nitrogen and oxygen atoms in total. The summed E-state index contributed by atoms with van der Waals surface area (Å²) in [6, 6.07) is 4.78. The number of amides is 1. The third-order valence-corrected chi connectivity index (χ3v) is 3.15. The summed E-state index contributed by atoms with van der Waals surface area (Å²) in [4.78, 5) is 24.4. The Kier molecular flexibility index (Phi) is 3.85. The van der Waals surface area contributed by atoms with Crippen LogP contribution in [0.3, 0.4) is 0 Å². The Morgan fingerprint density at radius 2 is 2.11 bits per heavy atom. The fraction of sp³-hybridized carbons (Fsp3) is 0.462. The second kappa shape index (κ2) is 5.57. The molecule has 0 aliphatic carbocycles. The number of carboxylic acid groups (broad SMARTS) is 1. The molecule has 6 heteroatoms. The Balaban J connectivity index is 2.03. The lowest BCUT2D eigenvalue weighted by molar-refractivity contribution is -0.132. The van der Waals surface area contributed by atoms with Crippen molar-refractivity contribution in [1.29, 1.82) is 5.26 Å². The van der Waals surface area contributed by atoms with E-state index in [4.69, 9.17) is 14.8 Å². The van der Waals surface area contributed by atoms with Crippen LogP contribution in [0.25, 0.3) is 0 Å². The van der Waals surface area contributed by atoms with Crippen molar-refractivity contribution in [2.45, 2.75) is 19.3 Å². The second-order valence-electron chi connectivity index (χ2n) is 4.49. The van der Waals surface area contributed by atoms with Crippen LogP contribution >= 0.6 is 0 Å². The molecule has 0 aromatic carbocycles. The van der Waals surface area contributed by atoms with Crippen LogP contribution in [0.4, 0.5) is 0 Å². The van der Waals surface area contributed by atoms with E-state index in [2.05, 4.69) is 0 Å². The van der Waals surface area contributed by atoms with Crippen LogP contribution in [0.1, 0.15) is 29.2 Å². The van der Waals surface area contributed by atoms with Crippen molar-refractivity contribution in [3.63, 3.8) is 0 Å². The van der Waals surface area contributed by atoms with Gasteiger partial charge >= 0.3 is 5.97 Å². The molecule has 1 N–H and O–H groups in total. The molecule has 100 valence electrons. The fourth-order valence-corrected chi connectivity index (χ4v) is 2.15. The molecule has 19 heavy (non-hydrogen) atoms. The van der Waals surface area contributed by atoms with Gasteiger partial charge in [-0.15, -0.1) is 0 Å². The largest absolute Gasteiger partial charge is 0.475 e. The SMILES string of the molecule is N#CC(Cc1ccc(C(=O)O)o1)C(=O)N1CCCC1. The Morgan fingerprint density at radius 3 is 2.63 bits per heavy atom. The highest BCUT2D eigenvalue weighted by molar-refractivity contribution is 5.84. The van der Waals surface area contributed by atoms with Gasteiger partial charge in [0.1, 0.15) is 11.7 Å². The Bertz CT molecular complexity index is 523. The van der Waals surface area contributed by atoms with Crippen LogP contribution in [0.5, 0.6) is 0 Å². The average molecular weight is 262 g/mol. The van der Waals surface area contributed by atoms with Gasteiger partial charge in [-0.1, -0.05) is 0 Å².